The minimum atomic E-state index is 0.0653. The number of fused-ring (bicyclic) bond motifs is 1. The minimum absolute atomic E-state index is 0.0653. The molecule has 0 spiro atoms. The Bertz CT molecular complexity index is 1280. The highest BCUT2D eigenvalue weighted by atomic mass is 16.5. The molecule has 1 fully saturated rings. The van der Waals surface area contributed by atoms with Crippen molar-refractivity contribution < 1.29 is 9.53 Å². The second kappa shape index (κ2) is 8.98. The Morgan fingerprint density at radius 2 is 1.70 bits per heavy atom. The van der Waals surface area contributed by atoms with Gasteiger partial charge < -0.3 is 19.1 Å². The van der Waals surface area contributed by atoms with Crippen molar-refractivity contribution in [2.75, 3.05) is 38.2 Å². The lowest BCUT2D eigenvalue weighted by Gasteiger charge is -2.23. The van der Waals surface area contributed by atoms with E-state index in [1.54, 1.807) is 7.11 Å². The Balaban J connectivity index is 1.55. The van der Waals surface area contributed by atoms with Gasteiger partial charge in [-0.25, -0.2) is 4.98 Å². The largest absolute Gasteiger partial charge is 0.496 e. The highest BCUT2D eigenvalue weighted by molar-refractivity contribution is 6.13. The van der Waals surface area contributed by atoms with Crippen molar-refractivity contribution in [3.63, 3.8) is 0 Å². The van der Waals surface area contributed by atoms with Crippen LogP contribution in [-0.4, -0.2) is 53.6 Å². The number of carbonyl (C=O) groups excluding carboxylic acids is 1. The molecule has 6 heteroatoms. The average molecular weight is 441 g/mol. The predicted octanol–water partition coefficient (Wildman–Crippen LogP) is 4.60. The van der Waals surface area contributed by atoms with Crippen molar-refractivity contribution >= 4 is 22.6 Å². The van der Waals surface area contributed by atoms with E-state index in [-0.39, 0.29) is 5.91 Å². The molecule has 1 saturated heterocycles. The van der Waals surface area contributed by atoms with Crippen molar-refractivity contribution in [2.45, 2.75) is 6.42 Å². The molecule has 0 atom stereocenters. The number of methoxy groups -OCH3 is 1. The van der Waals surface area contributed by atoms with Gasteiger partial charge in [-0.15, -0.1) is 0 Å². The van der Waals surface area contributed by atoms with E-state index >= 15 is 0 Å². The van der Waals surface area contributed by atoms with Gasteiger partial charge in [-0.05, 0) is 36.8 Å². The van der Waals surface area contributed by atoms with E-state index in [0.29, 0.717) is 6.54 Å². The quantitative estimate of drug-likeness (QED) is 0.465. The SMILES string of the molecule is COc1ccccc1-c1c(C(=O)N2CCCN(c3ccccn3)CC2)c2ccccc2n1C. The van der Waals surface area contributed by atoms with Crippen LogP contribution in [0.5, 0.6) is 5.75 Å². The van der Waals surface area contributed by atoms with Crippen LogP contribution in [0.3, 0.4) is 0 Å². The summed E-state index contributed by atoms with van der Waals surface area (Å²) in [4.78, 5) is 22.8. The van der Waals surface area contributed by atoms with Gasteiger partial charge in [-0.1, -0.05) is 36.4 Å². The number of amides is 1. The van der Waals surface area contributed by atoms with Crippen molar-refractivity contribution in [1.29, 1.82) is 0 Å². The predicted molar refractivity (Wildman–Crippen MR) is 132 cm³/mol. The first-order valence-electron chi connectivity index (χ1n) is 11.3. The molecule has 2 aromatic heterocycles. The molecule has 168 valence electrons. The number of rotatable bonds is 4. The van der Waals surface area contributed by atoms with E-state index in [0.717, 1.165) is 65.3 Å². The molecule has 33 heavy (non-hydrogen) atoms. The van der Waals surface area contributed by atoms with Gasteiger partial charge in [0.1, 0.15) is 11.6 Å². The van der Waals surface area contributed by atoms with Crippen molar-refractivity contribution in [1.82, 2.24) is 14.5 Å². The highest BCUT2D eigenvalue weighted by Crippen LogP contribution is 2.38. The summed E-state index contributed by atoms with van der Waals surface area (Å²) in [6.45, 7) is 3.02. The number of benzene rings is 2. The van der Waals surface area contributed by atoms with Crippen LogP contribution < -0.4 is 9.64 Å². The number of anilines is 1. The van der Waals surface area contributed by atoms with Crippen LogP contribution in [0.25, 0.3) is 22.2 Å². The fraction of sp³-hybridized carbons (Fsp3) is 0.259. The normalized spacial score (nSPS) is 14.4. The fourth-order valence-corrected chi connectivity index (χ4v) is 4.81. The van der Waals surface area contributed by atoms with Gasteiger partial charge in [0, 0.05) is 55.9 Å². The van der Waals surface area contributed by atoms with Gasteiger partial charge in [-0.2, -0.15) is 0 Å². The minimum Gasteiger partial charge on any atom is -0.496 e. The molecular weight excluding hydrogens is 412 g/mol. The van der Waals surface area contributed by atoms with Crippen LogP contribution in [0.15, 0.2) is 72.9 Å². The molecule has 0 aliphatic carbocycles. The molecule has 0 unspecified atom stereocenters. The third-order valence-electron chi connectivity index (χ3n) is 6.44. The molecular formula is C27H28N4O2. The lowest BCUT2D eigenvalue weighted by molar-refractivity contribution is 0.0769. The zero-order valence-electron chi connectivity index (χ0n) is 19.1. The maximum absolute atomic E-state index is 14.1. The van der Waals surface area contributed by atoms with Crippen LogP contribution >= 0.6 is 0 Å². The van der Waals surface area contributed by atoms with Crippen molar-refractivity contribution in [3.05, 3.63) is 78.5 Å². The number of carbonyl (C=O) groups is 1. The zero-order valence-corrected chi connectivity index (χ0v) is 19.1. The number of ether oxygens (including phenoxy) is 1. The Kier molecular flexibility index (Phi) is 5.73. The van der Waals surface area contributed by atoms with Crippen molar-refractivity contribution in [3.8, 4) is 17.0 Å². The summed E-state index contributed by atoms with van der Waals surface area (Å²) in [7, 11) is 3.69. The Hall–Kier alpha value is -3.80. The molecule has 0 saturated carbocycles. The summed E-state index contributed by atoms with van der Waals surface area (Å²) in [5.41, 5.74) is 3.59. The summed E-state index contributed by atoms with van der Waals surface area (Å²) < 4.78 is 7.77. The summed E-state index contributed by atoms with van der Waals surface area (Å²) in [5, 5.41) is 0.969. The summed E-state index contributed by atoms with van der Waals surface area (Å²) >= 11 is 0. The van der Waals surface area contributed by atoms with E-state index in [1.165, 1.54) is 0 Å². The van der Waals surface area contributed by atoms with E-state index in [1.807, 2.05) is 78.8 Å². The maximum Gasteiger partial charge on any atom is 0.256 e. The van der Waals surface area contributed by atoms with Crippen LogP contribution in [0.4, 0.5) is 5.82 Å². The van der Waals surface area contributed by atoms with Gasteiger partial charge in [-0.3, -0.25) is 4.79 Å². The molecule has 3 heterocycles. The van der Waals surface area contributed by atoms with E-state index in [4.69, 9.17) is 4.74 Å². The molecule has 5 rings (SSSR count). The number of aryl methyl sites for hydroxylation is 1. The zero-order chi connectivity index (χ0) is 22.8. The Morgan fingerprint density at radius 3 is 2.52 bits per heavy atom. The Labute approximate surface area is 194 Å². The number of pyridine rings is 1. The maximum atomic E-state index is 14.1. The van der Waals surface area contributed by atoms with E-state index in [9.17, 15) is 4.79 Å². The lowest BCUT2D eigenvalue weighted by Crippen LogP contribution is -2.35. The molecule has 1 amide bonds. The molecule has 2 aromatic carbocycles. The van der Waals surface area contributed by atoms with Crippen LogP contribution in [0.2, 0.25) is 0 Å². The molecule has 1 aliphatic heterocycles. The van der Waals surface area contributed by atoms with Crippen LogP contribution in [-0.2, 0) is 7.05 Å². The van der Waals surface area contributed by atoms with Gasteiger partial charge in [0.25, 0.3) is 5.91 Å². The lowest BCUT2D eigenvalue weighted by atomic mass is 10.0. The Morgan fingerprint density at radius 1 is 0.909 bits per heavy atom. The first-order valence-corrected chi connectivity index (χ1v) is 11.3. The third kappa shape index (κ3) is 3.82. The highest BCUT2D eigenvalue weighted by Gasteiger charge is 2.28. The second-order valence-electron chi connectivity index (χ2n) is 8.32. The summed E-state index contributed by atoms with van der Waals surface area (Å²) in [6.07, 6.45) is 2.72. The monoisotopic (exact) mass is 440 g/mol. The van der Waals surface area contributed by atoms with Gasteiger partial charge in [0.15, 0.2) is 0 Å². The summed E-state index contributed by atoms with van der Waals surface area (Å²) in [6, 6.07) is 22.0. The molecule has 0 radical (unpaired) electrons. The smallest absolute Gasteiger partial charge is 0.256 e. The molecule has 1 aliphatic rings. The molecule has 4 aromatic rings. The van der Waals surface area contributed by atoms with E-state index < -0.39 is 0 Å². The summed E-state index contributed by atoms with van der Waals surface area (Å²) in [5.74, 6) is 1.79. The number of para-hydroxylation sites is 2. The number of hydrogen-bond donors (Lipinski definition) is 0. The van der Waals surface area contributed by atoms with Crippen molar-refractivity contribution in [2.24, 2.45) is 7.05 Å². The standard InChI is InChI=1S/C27H28N4O2/c1-29-22-12-5-3-10-20(22)25(26(29)21-11-4-6-13-23(21)33-2)27(32)31-17-9-16-30(18-19-31)24-14-7-8-15-28-24/h3-8,10-15H,9,16-19H2,1-2H3. The third-order valence-corrected chi connectivity index (χ3v) is 6.44. The molecule has 0 bridgehead atoms. The second-order valence-corrected chi connectivity index (χ2v) is 8.32. The first-order chi connectivity index (χ1) is 16.2. The average Bonchev–Trinajstić information content (AvgIpc) is 3.01. The van der Waals surface area contributed by atoms with Crippen LogP contribution in [0, 0.1) is 0 Å². The number of hydrogen-bond acceptors (Lipinski definition) is 4. The fourth-order valence-electron chi connectivity index (χ4n) is 4.81. The number of aromatic nitrogens is 2. The van der Waals surface area contributed by atoms with E-state index in [2.05, 4.69) is 20.5 Å². The molecule has 6 nitrogen and oxygen atoms in total. The first kappa shape index (κ1) is 21.1. The molecule has 0 N–H and O–H groups in total. The van der Waals surface area contributed by atoms with Gasteiger partial charge in [0.05, 0.1) is 18.4 Å². The van der Waals surface area contributed by atoms with Gasteiger partial charge >= 0.3 is 0 Å². The van der Waals surface area contributed by atoms with Crippen LogP contribution in [0.1, 0.15) is 16.8 Å². The van der Waals surface area contributed by atoms with Gasteiger partial charge in [0.2, 0.25) is 0 Å². The topological polar surface area (TPSA) is 50.6 Å². The number of nitrogens with zero attached hydrogens (tertiary/aromatic N) is 4.